The fraction of sp³-hybridized carbons (Fsp3) is 1.00. The number of rotatable bonds is 3. The number of hydrogen-bond donors (Lipinski definition) is 1. The lowest BCUT2D eigenvalue weighted by atomic mass is 10.6. The van der Waals surface area contributed by atoms with Crippen LogP contribution in [0.4, 0.5) is 0 Å². The van der Waals surface area contributed by atoms with Gasteiger partial charge in [0.1, 0.15) is 0 Å². The van der Waals surface area contributed by atoms with Crippen molar-refractivity contribution in [2.45, 2.75) is 32.9 Å². The Labute approximate surface area is 56.7 Å². The Morgan fingerprint density at radius 3 is 2.11 bits per heavy atom. The molecule has 0 amide bonds. The van der Waals surface area contributed by atoms with Crippen LogP contribution >= 0.6 is 7.37 Å². The smallest absolute Gasteiger partial charge is 0.203 e. The molecule has 0 spiro atoms. The summed E-state index contributed by atoms with van der Waals surface area (Å²) in [6.07, 6.45) is 1.26. The van der Waals surface area contributed by atoms with Gasteiger partial charge in [-0.3, -0.25) is 4.57 Å². The van der Waals surface area contributed by atoms with E-state index in [1.165, 1.54) is 0 Å². The third kappa shape index (κ3) is 3.02. The number of hydrogen-bond acceptors (Lipinski definition) is 1. The lowest BCUT2D eigenvalue weighted by Gasteiger charge is -2.13. The second kappa shape index (κ2) is 3.38. The van der Waals surface area contributed by atoms with Gasteiger partial charge in [0, 0.05) is 11.8 Å². The third-order valence-corrected chi connectivity index (χ3v) is 4.05. The second-order valence-electron chi connectivity index (χ2n) is 2.57. The standard InChI is InChI=1S/C6H15O2P/c1-4-5-9(7,8)6(2)3/h6H,4-5H2,1-3H3,(H,7,8). The van der Waals surface area contributed by atoms with Gasteiger partial charge >= 0.3 is 0 Å². The molecule has 0 aromatic carbocycles. The lowest BCUT2D eigenvalue weighted by molar-refractivity contribution is 0.467. The first-order valence-corrected chi connectivity index (χ1v) is 5.23. The Morgan fingerprint density at radius 2 is 2.00 bits per heavy atom. The summed E-state index contributed by atoms with van der Waals surface area (Å²) in [5, 5.41) is 0. The van der Waals surface area contributed by atoms with Crippen molar-refractivity contribution in [1.29, 1.82) is 0 Å². The van der Waals surface area contributed by atoms with Crippen LogP contribution in [-0.2, 0) is 4.57 Å². The van der Waals surface area contributed by atoms with Gasteiger partial charge in [0.05, 0.1) is 0 Å². The van der Waals surface area contributed by atoms with E-state index < -0.39 is 7.37 Å². The van der Waals surface area contributed by atoms with Crippen LogP contribution in [0.25, 0.3) is 0 Å². The van der Waals surface area contributed by atoms with Crippen molar-refractivity contribution < 1.29 is 9.46 Å². The first kappa shape index (κ1) is 9.19. The lowest BCUT2D eigenvalue weighted by Crippen LogP contribution is -1.99. The fourth-order valence-corrected chi connectivity index (χ4v) is 1.74. The molecule has 0 rings (SSSR count). The Bertz CT molecular complexity index is 120. The molecule has 0 fully saturated rings. The molecule has 2 nitrogen and oxygen atoms in total. The minimum atomic E-state index is -2.76. The molecule has 0 aliphatic heterocycles. The molecule has 0 aromatic rings. The first-order chi connectivity index (χ1) is 4.00. The van der Waals surface area contributed by atoms with E-state index >= 15 is 0 Å². The predicted octanol–water partition coefficient (Wildman–Crippen LogP) is 2.08. The van der Waals surface area contributed by atoms with Gasteiger partial charge in [0.25, 0.3) is 0 Å². The Morgan fingerprint density at radius 1 is 1.56 bits per heavy atom. The highest BCUT2D eigenvalue weighted by Gasteiger charge is 2.20. The highest BCUT2D eigenvalue weighted by Crippen LogP contribution is 2.45. The van der Waals surface area contributed by atoms with Crippen molar-refractivity contribution in [3.8, 4) is 0 Å². The fourth-order valence-electron chi connectivity index (χ4n) is 0.579. The average Bonchev–Trinajstić information content (AvgIpc) is 1.65. The van der Waals surface area contributed by atoms with Gasteiger partial charge in [-0.05, 0) is 6.42 Å². The quantitative estimate of drug-likeness (QED) is 0.625. The molecular weight excluding hydrogens is 135 g/mol. The molecule has 1 atom stereocenters. The zero-order valence-electron chi connectivity index (χ0n) is 6.29. The van der Waals surface area contributed by atoms with Gasteiger partial charge in [-0.15, -0.1) is 0 Å². The average molecular weight is 150 g/mol. The highest BCUT2D eigenvalue weighted by atomic mass is 31.2. The third-order valence-electron chi connectivity index (χ3n) is 1.35. The van der Waals surface area contributed by atoms with Crippen molar-refractivity contribution in [1.82, 2.24) is 0 Å². The summed E-state index contributed by atoms with van der Waals surface area (Å²) in [6, 6.07) is 0. The normalized spacial score (nSPS) is 17.9. The van der Waals surface area contributed by atoms with Gasteiger partial charge < -0.3 is 4.89 Å². The van der Waals surface area contributed by atoms with E-state index in [-0.39, 0.29) is 5.66 Å². The van der Waals surface area contributed by atoms with E-state index in [4.69, 9.17) is 4.89 Å². The van der Waals surface area contributed by atoms with E-state index in [9.17, 15) is 4.57 Å². The van der Waals surface area contributed by atoms with Crippen LogP contribution in [0, 0.1) is 0 Å². The van der Waals surface area contributed by atoms with E-state index in [1.54, 1.807) is 13.8 Å². The van der Waals surface area contributed by atoms with E-state index in [0.717, 1.165) is 6.42 Å². The first-order valence-electron chi connectivity index (χ1n) is 3.32. The van der Waals surface area contributed by atoms with Crippen LogP contribution < -0.4 is 0 Å². The molecule has 0 radical (unpaired) electrons. The molecule has 1 unspecified atom stereocenters. The summed E-state index contributed by atoms with van der Waals surface area (Å²) in [4.78, 5) is 9.15. The summed E-state index contributed by atoms with van der Waals surface area (Å²) in [5.41, 5.74) is -0.0718. The maximum absolute atomic E-state index is 11.1. The maximum atomic E-state index is 11.1. The molecule has 1 N–H and O–H groups in total. The molecule has 0 heterocycles. The van der Waals surface area contributed by atoms with Gasteiger partial charge in [0.2, 0.25) is 7.37 Å². The molecule has 0 aliphatic carbocycles. The summed E-state index contributed by atoms with van der Waals surface area (Å²) in [7, 11) is -2.76. The summed E-state index contributed by atoms with van der Waals surface area (Å²) >= 11 is 0. The predicted molar refractivity (Wildman–Crippen MR) is 40.1 cm³/mol. The van der Waals surface area contributed by atoms with Crippen molar-refractivity contribution in [2.75, 3.05) is 6.16 Å². The van der Waals surface area contributed by atoms with Crippen LogP contribution in [-0.4, -0.2) is 16.7 Å². The largest absolute Gasteiger partial charge is 0.344 e. The van der Waals surface area contributed by atoms with Gasteiger partial charge in [-0.2, -0.15) is 0 Å². The summed E-state index contributed by atoms with van der Waals surface area (Å²) < 4.78 is 11.1. The van der Waals surface area contributed by atoms with Crippen molar-refractivity contribution in [3.05, 3.63) is 0 Å². The molecule has 0 bridgehead atoms. The summed E-state index contributed by atoms with van der Waals surface area (Å²) in [6.45, 7) is 5.50. The van der Waals surface area contributed by atoms with E-state index in [0.29, 0.717) is 6.16 Å². The molecule has 0 saturated heterocycles. The molecule has 0 aromatic heterocycles. The maximum Gasteiger partial charge on any atom is 0.203 e. The Kier molecular flexibility index (Phi) is 3.45. The van der Waals surface area contributed by atoms with Crippen LogP contribution in [0.2, 0.25) is 0 Å². The molecule has 9 heavy (non-hydrogen) atoms. The minimum absolute atomic E-state index is 0.0718. The van der Waals surface area contributed by atoms with Gasteiger partial charge in [-0.25, -0.2) is 0 Å². The second-order valence-corrected chi connectivity index (χ2v) is 5.56. The topological polar surface area (TPSA) is 37.3 Å². The molecule has 0 aliphatic rings. The van der Waals surface area contributed by atoms with Crippen LogP contribution in [0.3, 0.4) is 0 Å². The van der Waals surface area contributed by atoms with Crippen molar-refractivity contribution in [3.63, 3.8) is 0 Å². The molecular formula is C6H15O2P. The zero-order valence-corrected chi connectivity index (χ0v) is 7.19. The van der Waals surface area contributed by atoms with Crippen LogP contribution in [0.5, 0.6) is 0 Å². The minimum Gasteiger partial charge on any atom is -0.344 e. The van der Waals surface area contributed by atoms with Crippen LogP contribution in [0.1, 0.15) is 27.2 Å². The SMILES string of the molecule is CCCP(=O)(O)C(C)C. The van der Waals surface area contributed by atoms with Gasteiger partial charge in [0.15, 0.2) is 0 Å². The van der Waals surface area contributed by atoms with Crippen molar-refractivity contribution in [2.24, 2.45) is 0 Å². The molecule has 0 saturated carbocycles. The summed E-state index contributed by atoms with van der Waals surface area (Å²) in [5.74, 6) is 0. The molecule has 3 heteroatoms. The van der Waals surface area contributed by atoms with Crippen LogP contribution in [0.15, 0.2) is 0 Å². The Hall–Kier alpha value is 0.190. The van der Waals surface area contributed by atoms with Crippen molar-refractivity contribution >= 4 is 7.37 Å². The Balaban J connectivity index is 3.87. The van der Waals surface area contributed by atoms with E-state index in [1.807, 2.05) is 6.92 Å². The van der Waals surface area contributed by atoms with Gasteiger partial charge in [-0.1, -0.05) is 20.8 Å². The monoisotopic (exact) mass is 150 g/mol. The highest BCUT2D eigenvalue weighted by molar-refractivity contribution is 7.58. The van der Waals surface area contributed by atoms with E-state index in [2.05, 4.69) is 0 Å². The zero-order chi connectivity index (χ0) is 7.49. The molecule has 56 valence electrons.